The van der Waals surface area contributed by atoms with E-state index in [1.807, 2.05) is 30.3 Å². The van der Waals surface area contributed by atoms with Gasteiger partial charge >= 0.3 is 0 Å². The Hall–Kier alpha value is -2.95. The van der Waals surface area contributed by atoms with Crippen LogP contribution in [-0.4, -0.2) is 30.5 Å². The van der Waals surface area contributed by atoms with Crippen LogP contribution in [0.3, 0.4) is 0 Å². The number of rotatable bonds is 10. The molecule has 0 aliphatic rings. The number of aliphatic hydroxyl groups excluding tert-OH is 1. The fraction of sp³-hybridized carbons (Fsp3) is 0.269. The van der Waals surface area contributed by atoms with Gasteiger partial charge in [0.2, 0.25) is 0 Å². The third-order valence-corrected chi connectivity index (χ3v) is 4.65. The summed E-state index contributed by atoms with van der Waals surface area (Å²) in [6, 6.07) is 27.1. The molecule has 0 spiro atoms. The standard InChI is InChI=1S/C25H27NO2.CH4O/c1-26(18-22-6-3-2-4-7-22)19-23-9-11-24(12-10-23)20-28-25-15-13-21(14-16-25)8-5-17-27;1-2/h2-4,6-7,9-17H,5,8,18-20H2,1H3;2H,1H3. The Morgan fingerprint density at radius 3 is 1.90 bits per heavy atom. The van der Waals surface area contributed by atoms with Crippen molar-refractivity contribution in [1.82, 2.24) is 4.90 Å². The van der Waals surface area contributed by atoms with Gasteiger partial charge in [0, 0.05) is 26.6 Å². The molecular formula is C26H31NO3. The van der Waals surface area contributed by atoms with Gasteiger partial charge in [-0.05, 0) is 47.9 Å². The minimum atomic E-state index is 0.549. The third kappa shape index (κ3) is 8.19. The summed E-state index contributed by atoms with van der Waals surface area (Å²) in [6.07, 6.45) is 2.30. The van der Waals surface area contributed by atoms with Crippen molar-refractivity contribution >= 4 is 6.29 Å². The van der Waals surface area contributed by atoms with Crippen LogP contribution in [0, 0.1) is 0 Å². The van der Waals surface area contributed by atoms with Gasteiger partial charge in [0.15, 0.2) is 0 Å². The predicted octanol–water partition coefficient (Wildman–Crippen LogP) is 4.64. The Morgan fingerprint density at radius 2 is 1.30 bits per heavy atom. The van der Waals surface area contributed by atoms with E-state index in [2.05, 4.69) is 60.5 Å². The highest BCUT2D eigenvalue weighted by Gasteiger charge is 2.03. The second-order valence-corrected chi connectivity index (χ2v) is 7.11. The number of hydrogen-bond donors (Lipinski definition) is 1. The summed E-state index contributed by atoms with van der Waals surface area (Å²) in [5.41, 5.74) is 4.93. The zero-order chi connectivity index (χ0) is 21.6. The molecular weight excluding hydrogens is 374 g/mol. The normalized spacial score (nSPS) is 10.3. The van der Waals surface area contributed by atoms with Gasteiger partial charge in [0.1, 0.15) is 18.6 Å². The van der Waals surface area contributed by atoms with E-state index in [1.54, 1.807) is 0 Å². The van der Waals surface area contributed by atoms with Gasteiger partial charge in [-0.15, -0.1) is 0 Å². The van der Waals surface area contributed by atoms with Gasteiger partial charge in [-0.1, -0.05) is 66.7 Å². The maximum absolute atomic E-state index is 10.4. The van der Waals surface area contributed by atoms with E-state index < -0.39 is 0 Å². The highest BCUT2D eigenvalue weighted by Crippen LogP contribution is 2.16. The number of carbonyl (C=O) groups excluding carboxylic acids is 1. The molecule has 0 radical (unpaired) electrons. The lowest BCUT2D eigenvalue weighted by atomic mass is 10.1. The van der Waals surface area contributed by atoms with Crippen molar-refractivity contribution in [3.8, 4) is 5.75 Å². The average molecular weight is 406 g/mol. The molecule has 0 aromatic heterocycles. The highest BCUT2D eigenvalue weighted by atomic mass is 16.5. The molecule has 0 aliphatic heterocycles. The second-order valence-electron chi connectivity index (χ2n) is 7.11. The van der Waals surface area contributed by atoms with Crippen LogP contribution in [0.2, 0.25) is 0 Å². The molecule has 4 heteroatoms. The van der Waals surface area contributed by atoms with Crippen LogP contribution < -0.4 is 4.74 Å². The lowest BCUT2D eigenvalue weighted by Crippen LogP contribution is -2.17. The predicted molar refractivity (Wildman–Crippen MR) is 121 cm³/mol. The second kappa shape index (κ2) is 13.3. The molecule has 0 unspecified atom stereocenters. The molecule has 158 valence electrons. The van der Waals surface area contributed by atoms with E-state index in [0.29, 0.717) is 13.0 Å². The fourth-order valence-electron chi connectivity index (χ4n) is 3.15. The largest absolute Gasteiger partial charge is 0.489 e. The lowest BCUT2D eigenvalue weighted by Gasteiger charge is -2.17. The Kier molecular flexibility index (Phi) is 10.3. The molecule has 0 heterocycles. The van der Waals surface area contributed by atoms with Gasteiger partial charge in [0.05, 0.1) is 0 Å². The molecule has 0 bridgehead atoms. The first-order valence-corrected chi connectivity index (χ1v) is 10.1. The summed E-state index contributed by atoms with van der Waals surface area (Å²) in [6.45, 7) is 2.40. The zero-order valence-electron chi connectivity index (χ0n) is 17.8. The molecule has 0 atom stereocenters. The molecule has 0 aliphatic carbocycles. The molecule has 1 N–H and O–H groups in total. The number of nitrogens with zero attached hydrogens (tertiary/aromatic N) is 1. The minimum Gasteiger partial charge on any atom is -0.489 e. The number of ether oxygens (including phenoxy) is 1. The third-order valence-electron chi connectivity index (χ3n) is 4.65. The van der Waals surface area contributed by atoms with E-state index in [1.165, 1.54) is 11.1 Å². The van der Waals surface area contributed by atoms with E-state index in [9.17, 15) is 4.79 Å². The van der Waals surface area contributed by atoms with Gasteiger partial charge < -0.3 is 14.6 Å². The van der Waals surface area contributed by atoms with Gasteiger partial charge in [0.25, 0.3) is 0 Å². The number of hydrogen-bond acceptors (Lipinski definition) is 4. The fourth-order valence-corrected chi connectivity index (χ4v) is 3.15. The van der Waals surface area contributed by atoms with Crippen molar-refractivity contribution < 1.29 is 14.6 Å². The van der Waals surface area contributed by atoms with Crippen LogP contribution in [0.1, 0.15) is 28.7 Å². The molecule has 3 rings (SSSR count). The zero-order valence-corrected chi connectivity index (χ0v) is 17.8. The summed E-state index contributed by atoms with van der Waals surface area (Å²) < 4.78 is 5.87. The van der Waals surface area contributed by atoms with Crippen molar-refractivity contribution in [2.24, 2.45) is 0 Å². The molecule has 0 saturated heterocycles. The summed E-state index contributed by atoms with van der Waals surface area (Å²) in [7, 11) is 3.14. The summed E-state index contributed by atoms with van der Waals surface area (Å²) in [4.78, 5) is 12.8. The average Bonchev–Trinajstić information content (AvgIpc) is 2.80. The van der Waals surface area contributed by atoms with Gasteiger partial charge in [-0.2, -0.15) is 0 Å². The number of benzene rings is 3. The first-order chi connectivity index (χ1) is 14.7. The highest BCUT2D eigenvalue weighted by molar-refractivity contribution is 5.50. The molecule has 30 heavy (non-hydrogen) atoms. The molecule has 3 aromatic rings. The van der Waals surface area contributed by atoms with Gasteiger partial charge in [-0.25, -0.2) is 0 Å². The van der Waals surface area contributed by atoms with Crippen LogP contribution in [0.4, 0.5) is 0 Å². The first-order valence-electron chi connectivity index (χ1n) is 10.1. The van der Waals surface area contributed by atoms with Crippen LogP contribution in [0.5, 0.6) is 5.75 Å². The van der Waals surface area contributed by atoms with Crippen LogP contribution in [-0.2, 0) is 30.9 Å². The van der Waals surface area contributed by atoms with E-state index in [-0.39, 0.29) is 0 Å². The quantitative estimate of drug-likeness (QED) is 0.499. The molecule has 0 fully saturated rings. The Morgan fingerprint density at radius 1 is 0.767 bits per heavy atom. The monoisotopic (exact) mass is 405 g/mol. The molecule has 0 amide bonds. The molecule has 3 aromatic carbocycles. The maximum atomic E-state index is 10.4. The van der Waals surface area contributed by atoms with E-state index in [4.69, 9.17) is 9.84 Å². The van der Waals surface area contributed by atoms with Gasteiger partial charge in [-0.3, -0.25) is 4.90 Å². The van der Waals surface area contributed by atoms with Crippen molar-refractivity contribution in [3.05, 3.63) is 101 Å². The SMILES string of the molecule is CN(Cc1ccccc1)Cc1ccc(COc2ccc(CCC=O)cc2)cc1.CO. The van der Waals surface area contributed by atoms with Crippen molar-refractivity contribution in [3.63, 3.8) is 0 Å². The topological polar surface area (TPSA) is 49.8 Å². The molecule has 4 nitrogen and oxygen atoms in total. The van der Waals surface area contributed by atoms with Crippen molar-refractivity contribution in [1.29, 1.82) is 0 Å². The Labute approximate surface area is 179 Å². The number of aliphatic hydroxyl groups is 1. The molecule has 0 saturated carbocycles. The number of aldehydes is 1. The van der Waals surface area contributed by atoms with Crippen LogP contribution in [0.15, 0.2) is 78.9 Å². The van der Waals surface area contributed by atoms with E-state index >= 15 is 0 Å². The Balaban J connectivity index is 0.00000155. The summed E-state index contributed by atoms with van der Waals surface area (Å²) >= 11 is 0. The van der Waals surface area contributed by atoms with Crippen LogP contribution in [0.25, 0.3) is 0 Å². The summed E-state index contributed by atoms with van der Waals surface area (Å²) in [5, 5.41) is 7.00. The maximum Gasteiger partial charge on any atom is 0.120 e. The minimum absolute atomic E-state index is 0.549. The Bertz CT molecular complexity index is 846. The van der Waals surface area contributed by atoms with Crippen molar-refractivity contribution in [2.45, 2.75) is 32.5 Å². The number of carbonyl (C=O) groups is 1. The first kappa shape index (κ1) is 23.3. The number of aryl methyl sites for hydroxylation is 1. The lowest BCUT2D eigenvalue weighted by molar-refractivity contribution is -0.107. The van der Waals surface area contributed by atoms with Crippen LogP contribution >= 0.6 is 0 Å². The van der Waals surface area contributed by atoms with E-state index in [0.717, 1.165) is 49.8 Å². The smallest absolute Gasteiger partial charge is 0.120 e. The van der Waals surface area contributed by atoms with Crippen molar-refractivity contribution in [2.75, 3.05) is 14.2 Å². The summed E-state index contributed by atoms with van der Waals surface area (Å²) in [5.74, 6) is 0.849.